The Bertz CT molecular complexity index is 655. The van der Waals surface area contributed by atoms with Crippen LogP contribution < -0.4 is 4.74 Å². The third-order valence-corrected chi connectivity index (χ3v) is 5.88. The minimum Gasteiger partial charge on any atom is -0.497 e. The summed E-state index contributed by atoms with van der Waals surface area (Å²) in [6, 6.07) is 6.40. The lowest BCUT2D eigenvalue weighted by molar-refractivity contribution is 0.107. The van der Waals surface area contributed by atoms with Crippen LogP contribution in [0.3, 0.4) is 0 Å². The molecule has 2 atom stereocenters. The molecule has 0 aliphatic heterocycles. The average molecular weight is 343 g/mol. The van der Waals surface area contributed by atoms with Gasteiger partial charge in [-0.2, -0.15) is 0 Å². The van der Waals surface area contributed by atoms with Gasteiger partial charge in [0, 0.05) is 19.0 Å². The number of nitrogens with zero attached hydrogens (tertiary/aromatic N) is 1. The van der Waals surface area contributed by atoms with Gasteiger partial charge in [0.1, 0.15) is 5.75 Å². The zero-order chi connectivity index (χ0) is 17.9. The van der Waals surface area contributed by atoms with Crippen LogP contribution in [0.25, 0.3) is 6.08 Å². The van der Waals surface area contributed by atoms with Gasteiger partial charge in [-0.1, -0.05) is 31.1 Å². The summed E-state index contributed by atoms with van der Waals surface area (Å²) in [6.07, 6.45) is 10.3. The number of methoxy groups -OCH3 is 1. The summed E-state index contributed by atoms with van der Waals surface area (Å²) in [6.45, 7) is 2.97. The second kappa shape index (κ2) is 7.51. The molecule has 0 spiro atoms. The summed E-state index contributed by atoms with van der Waals surface area (Å²) in [5.74, 6) is 1.45. The van der Waals surface area contributed by atoms with Crippen molar-refractivity contribution in [1.82, 2.24) is 4.90 Å². The maximum Gasteiger partial charge on any atom is 0.409 e. The van der Waals surface area contributed by atoms with Crippen molar-refractivity contribution in [3.05, 3.63) is 35.4 Å². The Balaban J connectivity index is 1.89. The van der Waals surface area contributed by atoms with Crippen molar-refractivity contribution in [2.24, 2.45) is 5.92 Å². The summed E-state index contributed by atoms with van der Waals surface area (Å²) in [5, 5.41) is 0. The SMILES string of the molecule is CCOC(=O)N(C)CC[C@@]12CCCC[C@@H]1C=Cc1ccc(OC)cc12. The van der Waals surface area contributed by atoms with E-state index in [2.05, 4.69) is 24.3 Å². The van der Waals surface area contributed by atoms with E-state index in [4.69, 9.17) is 9.47 Å². The summed E-state index contributed by atoms with van der Waals surface area (Å²) >= 11 is 0. The van der Waals surface area contributed by atoms with Crippen LogP contribution in [0, 0.1) is 5.92 Å². The lowest BCUT2D eigenvalue weighted by Gasteiger charge is -2.47. The number of carbonyl (C=O) groups excluding carboxylic acids is 1. The third-order valence-electron chi connectivity index (χ3n) is 5.88. The van der Waals surface area contributed by atoms with Gasteiger partial charge in [0.05, 0.1) is 13.7 Å². The Kier molecular flexibility index (Phi) is 5.36. The molecule has 0 unspecified atom stereocenters. The van der Waals surface area contributed by atoms with Gasteiger partial charge in [0.25, 0.3) is 0 Å². The van der Waals surface area contributed by atoms with E-state index in [1.54, 1.807) is 12.0 Å². The summed E-state index contributed by atoms with van der Waals surface area (Å²) in [4.78, 5) is 13.7. The van der Waals surface area contributed by atoms with E-state index in [1.165, 1.54) is 36.8 Å². The van der Waals surface area contributed by atoms with Crippen molar-refractivity contribution in [2.45, 2.75) is 44.4 Å². The highest BCUT2D eigenvalue weighted by molar-refractivity contribution is 5.67. The summed E-state index contributed by atoms with van der Waals surface area (Å²) in [7, 11) is 3.55. The van der Waals surface area contributed by atoms with Crippen molar-refractivity contribution < 1.29 is 14.3 Å². The normalized spacial score (nSPS) is 24.2. The molecule has 4 nitrogen and oxygen atoms in total. The van der Waals surface area contributed by atoms with E-state index in [0.29, 0.717) is 19.1 Å². The second-order valence-corrected chi connectivity index (χ2v) is 7.19. The van der Waals surface area contributed by atoms with E-state index in [0.717, 1.165) is 12.2 Å². The van der Waals surface area contributed by atoms with Crippen LogP contribution in [-0.2, 0) is 10.2 Å². The molecule has 0 bridgehead atoms. The highest BCUT2D eigenvalue weighted by Gasteiger charge is 2.43. The molecular weight excluding hydrogens is 314 g/mol. The Hall–Kier alpha value is -1.97. The Morgan fingerprint density at radius 3 is 2.96 bits per heavy atom. The van der Waals surface area contributed by atoms with Gasteiger partial charge < -0.3 is 14.4 Å². The van der Waals surface area contributed by atoms with Crippen LogP contribution in [0.1, 0.15) is 50.2 Å². The van der Waals surface area contributed by atoms with Crippen LogP contribution in [0.15, 0.2) is 24.3 Å². The number of rotatable bonds is 5. The van der Waals surface area contributed by atoms with Gasteiger partial charge in [-0.15, -0.1) is 0 Å². The van der Waals surface area contributed by atoms with Gasteiger partial charge in [-0.3, -0.25) is 0 Å². The third kappa shape index (κ3) is 3.39. The molecule has 1 saturated carbocycles. The van der Waals surface area contributed by atoms with Crippen LogP contribution >= 0.6 is 0 Å². The van der Waals surface area contributed by atoms with Crippen LogP contribution in [0.4, 0.5) is 4.79 Å². The number of hydrogen-bond acceptors (Lipinski definition) is 3. The van der Waals surface area contributed by atoms with Crippen LogP contribution in [-0.4, -0.2) is 38.3 Å². The molecule has 3 rings (SSSR count). The molecule has 0 N–H and O–H groups in total. The molecule has 4 heteroatoms. The minimum absolute atomic E-state index is 0.0949. The van der Waals surface area contributed by atoms with Crippen molar-refractivity contribution in [3.63, 3.8) is 0 Å². The average Bonchev–Trinajstić information content (AvgIpc) is 2.65. The quantitative estimate of drug-likeness (QED) is 0.782. The standard InChI is InChI=1S/C21H29NO3/c1-4-25-20(23)22(2)14-13-21-12-6-5-7-17(21)10-8-16-9-11-18(24-3)15-19(16)21/h8-11,15,17H,4-7,12-14H2,1-3H3/t17-,21+/m1/s1. The largest absolute Gasteiger partial charge is 0.497 e. The second-order valence-electron chi connectivity index (χ2n) is 7.19. The molecule has 2 aliphatic carbocycles. The number of carbonyl (C=O) groups is 1. The summed E-state index contributed by atoms with van der Waals surface area (Å²) < 4.78 is 10.6. The van der Waals surface area contributed by atoms with Crippen molar-refractivity contribution >= 4 is 12.2 Å². The molecule has 1 amide bonds. The molecule has 0 saturated heterocycles. The Morgan fingerprint density at radius 2 is 2.20 bits per heavy atom. The monoisotopic (exact) mass is 343 g/mol. The van der Waals surface area contributed by atoms with E-state index >= 15 is 0 Å². The van der Waals surface area contributed by atoms with E-state index in [-0.39, 0.29) is 11.5 Å². The summed E-state index contributed by atoms with van der Waals surface area (Å²) in [5.41, 5.74) is 2.77. The maximum absolute atomic E-state index is 12.0. The van der Waals surface area contributed by atoms with Gasteiger partial charge in [0.15, 0.2) is 0 Å². The number of amides is 1. The first-order valence-electron chi connectivity index (χ1n) is 9.35. The van der Waals surface area contributed by atoms with Gasteiger partial charge in [0.2, 0.25) is 0 Å². The van der Waals surface area contributed by atoms with Gasteiger partial charge in [-0.05, 0) is 55.4 Å². The number of fused-ring (bicyclic) bond motifs is 3. The van der Waals surface area contributed by atoms with E-state index in [1.807, 2.05) is 20.0 Å². The van der Waals surface area contributed by atoms with Crippen molar-refractivity contribution in [2.75, 3.05) is 27.3 Å². The maximum atomic E-state index is 12.0. The number of benzene rings is 1. The topological polar surface area (TPSA) is 38.8 Å². The fourth-order valence-corrected chi connectivity index (χ4v) is 4.48. The van der Waals surface area contributed by atoms with Gasteiger partial charge >= 0.3 is 6.09 Å². The van der Waals surface area contributed by atoms with Crippen molar-refractivity contribution in [1.29, 1.82) is 0 Å². The fraction of sp³-hybridized carbons (Fsp3) is 0.571. The fourth-order valence-electron chi connectivity index (χ4n) is 4.48. The molecular formula is C21H29NO3. The smallest absolute Gasteiger partial charge is 0.409 e. The zero-order valence-corrected chi connectivity index (χ0v) is 15.6. The first kappa shape index (κ1) is 17.8. The number of ether oxygens (including phenoxy) is 2. The number of hydrogen-bond donors (Lipinski definition) is 0. The Labute approximate surface area is 150 Å². The first-order valence-corrected chi connectivity index (χ1v) is 9.35. The Morgan fingerprint density at radius 1 is 1.36 bits per heavy atom. The molecule has 2 aliphatic rings. The molecule has 0 aromatic heterocycles. The van der Waals surface area contributed by atoms with Gasteiger partial charge in [-0.25, -0.2) is 4.79 Å². The highest BCUT2D eigenvalue weighted by atomic mass is 16.6. The lowest BCUT2D eigenvalue weighted by atomic mass is 9.58. The predicted octanol–water partition coefficient (Wildman–Crippen LogP) is 4.63. The molecule has 1 fully saturated rings. The highest BCUT2D eigenvalue weighted by Crippen LogP contribution is 2.51. The zero-order valence-electron chi connectivity index (χ0n) is 15.6. The van der Waals surface area contributed by atoms with Crippen LogP contribution in [0.2, 0.25) is 0 Å². The first-order chi connectivity index (χ1) is 12.1. The molecule has 0 radical (unpaired) electrons. The molecule has 25 heavy (non-hydrogen) atoms. The molecule has 0 heterocycles. The van der Waals surface area contributed by atoms with E-state index in [9.17, 15) is 4.79 Å². The molecule has 1 aromatic carbocycles. The van der Waals surface area contributed by atoms with E-state index < -0.39 is 0 Å². The van der Waals surface area contributed by atoms with Crippen LogP contribution in [0.5, 0.6) is 5.75 Å². The molecule has 1 aromatic rings. The lowest BCUT2D eigenvalue weighted by Crippen LogP contribution is -2.42. The molecule has 136 valence electrons. The minimum atomic E-state index is -0.233. The number of allylic oxidation sites excluding steroid dienone is 1. The predicted molar refractivity (Wildman–Crippen MR) is 99.9 cm³/mol. The van der Waals surface area contributed by atoms with Crippen molar-refractivity contribution in [3.8, 4) is 5.75 Å².